The second-order valence-corrected chi connectivity index (χ2v) is 5.76. The third-order valence-corrected chi connectivity index (χ3v) is 4.23. The first-order valence-electron chi connectivity index (χ1n) is 7.88. The number of aliphatic hydroxyl groups excluding tert-OH is 1. The van der Waals surface area contributed by atoms with E-state index in [1.165, 1.54) is 16.7 Å². The Labute approximate surface area is 140 Å². The smallest absolute Gasteiger partial charge is 0.154 e. The van der Waals surface area contributed by atoms with E-state index >= 15 is 0 Å². The molecule has 4 rings (SSSR count). The Hall–Kier alpha value is -2.98. The Kier molecular flexibility index (Phi) is 3.59. The second-order valence-electron chi connectivity index (χ2n) is 5.76. The van der Waals surface area contributed by atoms with Gasteiger partial charge in [-0.05, 0) is 35.7 Å². The quantitative estimate of drug-likeness (QED) is 0.624. The van der Waals surface area contributed by atoms with Crippen molar-refractivity contribution in [1.29, 1.82) is 0 Å². The highest BCUT2D eigenvalue weighted by molar-refractivity contribution is 5.77. The maximum Gasteiger partial charge on any atom is 0.154 e. The van der Waals surface area contributed by atoms with Gasteiger partial charge in [0, 0.05) is 5.56 Å². The molecule has 4 aromatic rings. The highest BCUT2D eigenvalue weighted by Gasteiger charge is 2.11. The summed E-state index contributed by atoms with van der Waals surface area (Å²) >= 11 is 0. The Morgan fingerprint density at radius 3 is 2.50 bits per heavy atom. The first-order chi connectivity index (χ1) is 11.8. The largest absolute Gasteiger partial charge is 0.390 e. The fraction of sp³-hybridized carbons (Fsp3) is 0.100. The van der Waals surface area contributed by atoms with Gasteiger partial charge in [-0.3, -0.25) is 0 Å². The standard InChI is InChI=1S/C20H17N3O/c1-14-17(15-6-3-2-4-7-15)8-5-9-18(14)19-12-23-20(21-19)11-10-16(13-24)22-23/h2-12,24H,13H2,1H3. The van der Waals surface area contributed by atoms with E-state index in [0.717, 1.165) is 16.9 Å². The number of hydrogen-bond donors (Lipinski definition) is 1. The SMILES string of the molecule is Cc1c(-c2ccccc2)cccc1-c1cn2nc(CO)ccc2n1. The number of nitrogens with zero attached hydrogens (tertiary/aromatic N) is 3. The second kappa shape index (κ2) is 5.91. The van der Waals surface area contributed by atoms with E-state index in [9.17, 15) is 5.11 Å². The number of hydrogen-bond acceptors (Lipinski definition) is 3. The van der Waals surface area contributed by atoms with Crippen LogP contribution in [-0.2, 0) is 6.61 Å². The molecule has 2 aromatic carbocycles. The molecule has 0 aliphatic carbocycles. The number of fused-ring (bicyclic) bond motifs is 1. The molecule has 24 heavy (non-hydrogen) atoms. The van der Waals surface area contributed by atoms with Crippen LogP contribution in [0.1, 0.15) is 11.3 Å². The predicted molar refractivity (Wildman–Crippen MR) is 94.5 cm³/mol. The molecule has 2 heterocycles. The lowest BCUT2D eigenvalue weighted by atomic mass is 9.95. The van der Waals surface area contributed by atoms with Crippen molar-refractivity contribution in [3.63, 3.8) is 0 Å². The van der Waals surface area contributed by atoms with Crippen LogP contribution in [0.15, 0.2) is 66.9 Å². The van der Waals surface area contributed by atoms with Crippen molar-refractivity contribution in [2.75, 3.05) is 0 Å². The molecule has 1 N–H and O–H groups in total. The molecular weight excluding hydrogens is 298 g/mol. The fourth-order valence-corrected chi connectivity index (χ4v) is 2.98. The van der Waals surface area contributed by atoms with Crippen molar-refractivity contribution >= 4 is 5.65 Å². The van der Waals surface area contributed by atoms with Crippen LogP contribution < -0.4 is 0 Å². The molecular formula is C20H17N3O. The average Bonchev–Trinajstić information content (AvgIpc) is 3.05. The van der Waals surface area contributed by atoms with Crippen molar-refractivity contribution in [2.24, 2.45) is 0 Å². The molecule has 0 atom stereocenters. The minimum Gasteiger partial charge on any atom is -0.390 e. The summed E-state index contributed by atoms with van der Waals surface area (Å²) in [7, 11) is 0. The Balaban J connectivity index is 1.85. The number of aliphatic hydroxyl groups is 1. The van der Waals surface area contributed by atoms with Crippen molar-refractivity contribution in [3.05, 3.63) is 78.1 Å². The molecule has 0 fully saturated rings. The van der Waals surface area contributed by atoms with E-state index in [1.54, 1.807) is 10.6 Å². The molecule has 0 aliphatic rings. The van der Waals surface area contributed by atoms with Gasteiger partial charge in [0.05, 0.1) is 24.2 Å². The van der Waals surface area contributed by atoms with Gasteiger partial charge in [0.1, 0.15) is 0 Å². The molecule has 0 radical (unpaired) electrons. The van der Waals surface area contributed by atoms with Gasteiger partial charge >= 0.3 is 0 Å². The van der Waals surface area contributed by atoms with E-state index in [1.807, 2.05) is 30.5 Å². The summed E-state index contributed by atoms with van der Waals surface area (Å²) in [6, 6.07) is 20.3. The van der Waals surface area contributed by atoms with Crippen LogP contribution in [0, 0.1) is 6.92 Å². The highest BCUT2D eigenvalue weighted by atomic mass is 16.3. The van der Waals surface area contributed by atoms with E-state index in [4.69, 9.17) is 0 Å². The van der Waals surface area contributed by atoms with E-state index in [0.29, 0.717) is 5.69 Å². The van der Waals surface area contributed by atoms with E-state index < -0.39 is 0 Å². The van der Waals surface area contributed by atoms with Crippen LogP contribution in [0.5, 0.6) is 0 Å². The van der Waals surface area contributed by atoms with Crippen LogP contribution in [-0.4, -0.2) is 19.7 Å². The van der Waals surface area contributed by atoms with E-state index in [-0.39, 0.29) is 6.61 Å². The molecule has 4 heteroatoms. The zero-order valence-corrected chi connectivity index (χ0v) is 13.3. The number of benzene rings is 2. The van der Waals surface area contributed by atoms with Crippen molar-refractivity contribution in [3.8, 4) is 22.4 Å². The fourth-order valence-electron chi connectivity index (χ4n) is 2.98. The summed E-state index contributed by atoms with van der Waals surface area (Å²) in [5.74, 6) is 0. The molecule has 0 saturated carbocycles. The topological polar surface area (TPSA) is 50.4 Å². The molecule has 118 valence electrons. The summed E-state index contributed by atoms with van der Waals surface area (Å²) in [5, 5.41) is 13.6. The monoisotopic (exact) mass is 315 g/mol. The van der Waals surface area contributed by atoms with Crippen molar-refractivity contribution < 1.29 is 5.11 Å². The summed E-state index contributed by atoms with van der Waals surface area (Å²) in [4.78, 5) is 4.67. The minimum atomic E-state index is -0.0774. The Bertz CT molecular complexity index is 1010. The average molecular weight is 315 g/mol. The van der Waals surface area contributed by atoms with Gasteiger partial charge in [0.2, 0.25) is 0 Å². The van der Waals surface area contributed by atoms with Crippen LogP contribution in [0.4, 0.5) is 0 Å². The van der Waals surface area contributed by atoms with Crippen molar-refractivity contribution in [1.82, 2.24) is 14.6 Å². The van der Waals surface area contributed by atoms with Gasteiger partial charge in [0.25, 0.3) is 0 Å². The number of rotatable bonds is 3. The van der Waals surface area contributed by atoms with Gasteiger partial charge < -0.3 is 5.11 Å². The maximum atomic E-state index is 9.23. The van der Waals surface area contributed by atoms with Crippen LogP contribution in [0.3, 0.4) is 0 Å². The Morgan fingerprint density at radius 1 is 0.917 bits per heavy atom. The van der Waals surface area contributed by atoms with Gasteiger partial charge in [-0.2, -0.15) is 5.10 Å². The molecule has 0 bridgehead atoms. The maximum absolute atomic E-state index is 9.23. The van der Waals surface area contributed by atoms with Crippen LogP contribution in [0.2, 0.25) is 0 Å². The first-order valence-corrected chi connectivity index (χ1v) is 7.88. The predicted octanol–water partition coefficient (Wildman–Crippen LogP) is 3.86. The summed E-state index contributed by atoms with van der Waals surface area (Å²) in [5.41, 5.74) is 6.96. The number of aromatic nitrogens is 3. The lowest BCUT2D eigenvalue weighted by Crippen LogP contribution is -1.95. The Morgan fingerprint density at radius 2 is 1.71 bits per heavy atom. The third-order valence-electron chi connectivity index (χ3n) is 4.23. The minimum absolute atomic E-state index is 0.0774. The molecule has 0 spiro atoms. The van der Waals surface area contributed by atoms with E-state index in [2.05, 4.69) is 47.3 Å². The molecule has 0 unspecified atom stereocenters. The lowest BCUT2D eigenvalue weighted by molar-refractivity contribution is 0.275. The summed E-state index contributed by atoms with van der Waals surface area (Å²) < 4.78 is 1.72. The first kappa shape index (κ1) is 14.6. The third kappa shape index (κ3) is 2.47. The van der Waals surface area contributed by atoms with Gasteiger partial charge in [-0.25, -0.2) is 9.50 Å². The number of imidazole rings is 1. The normalized spacial score (nSPS) is 11.1. The zero-order valence-electron chi connectivity index (χ0n) is 13.3. The van der Waals surface area contributed by atoms with Crippen LogP contribution >= 0.6 is 0 Å². The molecule has 0 saturated heterocycles. The molecule has 0 amide bonds. The summed E-state index contributed by atoms with van der Waals surface area (Å²) in [6.07, 6.45) is 1.91. The lowest BCUT2D eigenvalue weighted by Gasteiger charge is -2.10. The highest BCUT2D eigenvalue weighted by Crippen LogP contribution is 2.31. The molecule has 2 aromatic heterocycles. The molecule has 4 nitrogen and oxygen atoms in total. The van der Waals surface area contributed by atoms with Crippen molar-refractivity contribution in [2.45, 2.75) is 13.5 Å². The molecule has 0 aliphatic heterocycles. The zero-order chi connectivity index (χ0) is 16.5. The van der Waals surface area contributed by atoms with Gasteiger partial charge in [0.15, 0.2) is 5.65 Å². The summed E-state index contributed by atoms with van der Waals surface area (Å²) in [6.45, 7) is 2.04. The van der Waals surface area contributed by atoms with Crippen LogP contribution in [0.25, 0.3) is 28.0 Å². The van der Waals surface area contributed by atoms with Gasteiger partial charge in [-0.1, -0.05) is 48.5 Å². The van der Waals surface area contributed by atoms with Gasteiger partial charge in [-0.15, -0.1) is 0 Å².